The minimum atomic E-state index is -0.175. The number of rotatable bonds is 3. The predicted octanol–water partition coefficient (Wildman–Crippen LogP) is 6.14. The van der Waals surface area contributed by atoms with Crippen LogP contribution in [0.3, 0.4) is 0 Å². The molecule has 2 aromatic carbocycles. The van der Waals surface area contributed by atoms with Crippen LogP contribution in [0.5, 0.6) is 5.75 Å². The van der Waals surface area contributed by atoms with Crippen LogP contribution >= 0.6 is 0 Å². The molecule has 1 aromatic heterocycles. The van der Waals surface area contributed by atoms with Crippen LogP contribution in [0.1, 0.15) is 56.3 Å². The van der Waals surface area contributed by atoms with Gasteiger partial charge in [-0.25, -0.2) is 0 Å². The Labute approximate surface area is 177 Å². The van der Waals surface area contributed by atoms with Crippen molar-refractivity contribution in [1.82, 2.24) is 5.32 Å². The minimum absolute atomic E-state index is 0.00822. The Balaban J connectivity index is 1.39. The van der Waals surface area contributed by atoms with Crippen LogP contribution in [-0.4, -0.2) is 16.6 Å². The predicted molar refractivity (Wildman–Crippen MR) is 118 cm³/mol. The number of aromatic hydroxyl groups is 1. The largest absolute Gasteiger partial charge is 0.507 e. The van der Waals surface area contributed by atoms with Crippen molar-refractivity contribution in [3.63, 3.8) is 0 Å². The molecule has 156 valence electrons. The number of hydrogen-bond donors (Lipinski definition) is 2. The third-order valence-electron chi connectivity index (χ3n) is 6.96. The number of carbonyl (C=O) groups excluding carboxylic acids is 1. The van der Waals surface area contributed by atoms with Crippen molar-refractivity contribution < 1.29 is 14.3 Å². The summed E-state index contributed by atoms with van der Waals surface area (Å²) >= 11 is 0. The van der Waals surface area contributed by atoms with E-state index in [0.29, 0.717) is 29.1 Å². The van der Waals surface area contributed by atoms with Crippen molar-refractivity contribution in [3.05, 3.63) is 54.1 Å². The van der Waals surface area contributed by atoms with Gasteiger partial charge in [0.05, 0.1) is 5.56 Å². The van der Waals surface area contributed by atoms with Gasteiger partial charge < -0.3 is 14.8 Å². The Morgan fingerprint density at radius 3 is 2.47 bits per heavy atom. The second-order valence-corrected chi connectivity index (χ2v) is 9.78. The third-order valence-corrected chi connectivity index (χ3v) is 6.96. The normalized spacial score (nSPS) is 28.4. The van der Waals surface area contributed by atoms with Crippen LogP contribution < -0.4 is 5.32 Å². The van der Waals surface area contributed by atoms with Crippen molar-refractivity contribution in [3.8, 4) is 17.1 Å². The average Bonchev–Trinajstić information content (AvgIpc) is 3.10. The number of phenolic OH excluding ortho intramolecular Hbond substituents is 1. The molecule has 0 saturated heterocycles. The fraction of sp³-hybridized carbons (Fsp3) is 0.423. The summed E-state index contributed by atoms with van der Waals surface area (Å²) in [5.74, 6) is 2.45. The molecule has 2 fully saturated rings. The van der Waals surface area contributed by atoms with Gasteiger partial charge in [0, 0.05) is 16.5 Å². The number of nitrogens with one attached hydrogen (secondary N) is 1. The van der Waals surface area contributed by atoms with E-state index in [9.17, 15) is 9.90 Å². The van der Waals surface area contributed by atoms with Gasteiger partial charge in [-0.05, 0) is 74.1 Å². The van der Waals surface area contributed by atoms with Gasteiger partial charge in [0.1, 0.15) is 17.1 Å². The molecule has 4 nitrogen and oxygen atoms in total. The van der Waals surface area contributed by atoms with E-state index in [4.69, 9.17) is 4.42 Å². The smallest absolute Gasteiger partial charge is 0.255 e. The van der Waals surface area contributed by atoms with Crippen LogP contribution in [-0.2, 0) is 0 Å². The Morgan fingerprint density at radius 2 is 1.77 bits per heavy atom. The first-order chi connectivity index (χ1) is 14.4. The standard InChI is InChI=1S/C26H29NO3/c1-16-9-18-10-17(2)14-26(13-16,15-18)27-25(29)21-8-7-20(11-22(21)28)24-12-19-5-3-4-6-23(19)30-24/h3-8,11-12,16-18,28H,9-10,13-15H2,1-2H3,(H,27,29). The highest BCUT2D eigenvalue weighted by Gasteiger charge is 2.45. The molecule has 2 N–H and O–H groups in total. The van der Waals surface area contributed by atoms with E-state index in [1.54, 1.807) is 12.1 Å². The van der Waals surface area contributed by atoms with Gasteiger partial charge in [0.15, 0.2) is 0 Å². The summed E-state index contributed by atoms with van der Waals surface area (Å²) in [7, 11) is 0. The second-order valence-electron chi connectivity index (χ2n) is 9.78. The number of fused-ring (bicyclic) bond motifs is 3. The Morgan fingerprint density at radius 1 is 1.03 bits per heavy atom. The minimum Gasteiger partial charge on any atom is -0.507 e. The molecule has 0 aliphatic heterocycles. The molecule has 5 rings (SSSR count). The lowest BCUT2D eigenvalue weighted by atomic mass is 9.61. The number of amides is 1. The summed E-state index contributed by atoms with van der Waals surface area (Å²) in [5, 5.41) is 15.0. The topological polar surface area (TPSA) is 62.5 Å². The molecule has 2 aliphatic carbocycles. The summed E-state index contributed by atoms with van der Waals surface area (Å²) in [6, 6.07) is 14.9. The maximum Gasteiger partial charge on any atom is 0.255 e. The zero-order valence-corrected chi connectivity index (χ0v) is 17.7. The van der Waals surface area contributed by atoms with E-state index < -0.39 is 0 Å². The van der Waals surface area contributed by atoms with E-state index in [1.165, 1.54) is 12.8 Å². The van der Waals surface area contributed by atoms with E-state index >= 15 is 0 Å². The van der Waals surface area contributed by atoms with Gasteiger partial charge in [-0.3, -0.25) is 4.79 Å². The van der Waals surface area contributed by atoms with Crippen LogP contribution in [0.25, 0.3) is 22.3 Å². The van der Waals surface area contributed by atoms with Crippen LogP contribution in [0.15, 0.2) is 52.9 Å². The monoisotopic (exact) mass is 403 g/mol. The molecule has 2 atom stereocenters. The molecule has 4 heteroatoms. The van der Waals surface area contributed by atoms with Gasteiger partial charge in [-0.1, -0.05) is 38.1 Å². The van der Waals surface area contributed by atoms with E-state index in [2.05, 4.69) is 19.2 Å². The summed E-state index contributed by atoms with van der Waals surface area (Å²) in [5.41, 5.74) is 1.76. The lowest BCUT2D eigenvalue weighted by Gasteiger charge is -2.50. The second kappa shape index (κ2) is 7.19. The highest BCUT2D eigenvalue weighted by atomic mass is 16.3. The van der Waals surface area contributed by atoms with Gasteiger partial charge >= 0.3 is 0 Å². The van der Waals surface area contributed by atoms with Crippen molar-refractivity contribution in [2.24, 2.45) is 17.8 Å². The number of carbonyl (C=O) groups is 1. The summed E-state index contributed by atoms with van der Waals surface area (Å²) < 4.78 is 5.90. The molecule has 30 heavy (non-hydrogen) atoms. The fourth-order valence-electron chi connectivity index (χ4n) is 6.17. The molecule has 2 saturated carbocycles. The molecule has 2 bridgehead atoms. The average molecular weight is 404 g/mol. The number of phenols is 1. The molecule has 3 aromatic rings. The number of para-hydroxylation sites is 1. The SMILES string of the molecule is CC1CC2CC(C)CC(NC(=O)c3ccc(-c4cc5ccccc5o4)cc3O)(C1)C2. The van der Waals surface area contributed by atoms with Gasteiger partial charge in [-0.2, -0.15) is 0 Å². The van der Waals surface area contributed by atoms with Crippen molar-refractivity contribution >= 4 is 16.9 Å². The Bertz CT molecular complexity index is 1050. The number of hydrogen-bond acceptors (Lipinski definition) is 3. The molecule has 0 spiro atoms. The highest BCUT2D eigenvalue weighted by molar-refractivity contribution is 5.98. The summed E-state index contributed by atoms with van der Waals surface area (Å²) in [4.78, 5) is 13.1. The van der Waals surface area contributed by atoms with Crippen LogP contribution in [0, 0.1) is 17.8 Å². The maximum absolute atomic E-state index is 13.1. The van der Waals surface area contributed by atoms with Gasteiger partial charge in [-0.15, -0.1) is 0 Å². The molecule has 1 amide bonds. The summed E-state index contributed by atoms with van der Waals surface area (Å²) in [6.45, 7) is 4.59. The van der Waals surface area contributed by atoms with E-state index in [-0.39, 0.29) is 17.2 Å². The van der Waals surface area contributed by atoms with Gasteiger partial charge in [0.2, 0.25) is 0 Å². The van der Waals surface area contributed by atoms with Crippen molar-refractivity contribution in [1.29, 1.82) is 0 Å². The molecule has 0 radical (unpaired) electrons. The number of furan rings is 1. The molecule has 2 unspecified atom stereocenters. The zero-order chi connectivity index (χ0) is 20.9. The Hall–Kier alpha value is -2.75. The fourth-order valence-corrected chi connectivity index (χ4v) is 6.17. The Kier molecular flexibility index (Phi) is 4.61. The first-order valence-corrected chi connectivity index (χ1v) is 11.1. The molecule has 2 aliphatic rings. The first kappa shape index (κ1) is 19.2. The number of benzene rings is 2. The highest BCUT2D eigenvalue weighted by Crippen LogP contribution is 2.47. The van der Waals surface area contributed by atoms with Crippen LogP contribution in [0.2, 0.25) is 0 Å². The van der Waals surface area contributed by atoms with Crippen LogP contribution in [0.4, 0.5) is 0 Å². The lowest BCUT2D eigenvalue weighted by molar-refractivity contribution is 0.0475. The van der Waals surface area contributed by atoms with Gasteiger partial charge in [0.25, 0.3) is 5.91 Å². The lowest BCUT2D eigenvalue weighted by Crippen LogP contribution is -2.56. The molecular formula is C26H29NO3. The van der Waals surface area contributed by atoms with E-state index in [1.807, 2.05) is 36.4 Å². The molecular weight excluding hydrogens is 374 g/mol. The third kappa shape index (κ3) is 3.49. The van der Waals surface area contributed by atoms with E-state index in [0.717, 1.165) is 35.8 Å². The van der Waals surface area contributed by atoms with Crippen molar-refractivity contribution in [2.45, 2.75) is 51.5 Å². The summed E-state index contributed by atoms with van der Waals surface area (Å²) in [6.07, 6.45) is 5.64. The maximum atomic E-state index is 13.1. The molecule has 1 heterocycles. The first-order valence-electron chi connectivity index (χ1n) is 11.1. The van der Waals surface area contributed by atoms with Crippen molar-refractivity contribution in [2.75, 3.05) is 0 Å². The quantitative estimate of drug-likeness (QED) is 0.552. The zero-order valence-electron chi connectivity index (χ0n) is 17.7.